The van der Waals surface area contributed by atoms with Crippen LogP contribution >= 0.6 is 0 Å². The van der Waals surface area contributed by atoms with E-state index in [1.807, 2.05) is 13.1 Å². The Kier molecular flexibility index (Phi) is 4.69. The fourth-order valence-corrected chi connectivity index (χ4v) is 2.41. The summed E-state index contributed by atoms with van der Waals surface area (Å²) in [6.45, 7) is 10.1. The first kappa shape index (κ1) is 16.1. The molecule has 1 rings (SSSR count). The minimum atomic E-state index is -2.06. The summed E-state index contributed by atoms with van der Waals surface area (Å²) >= 11 is 0. The zero-order valence-corrected chi connectivity index (χ0v) is 13.4. The van der Waals surface area contributed by atoms with E-state index in [2.05, 4.69) is 20.8 Å². The molecule has 0 aliphatic carbocycles. The molecular weight excluding hydrogens is 259 g/mol. The van der Waals surface area contributed by atoms with Gasteiger partial charge in [0.1, 0.15) is 0 Å². The Hall–Kier alpha value is -1.00. The second-order valence-electron chi connectivity index (χ2n) is 6.40. The molecule has 0 heterocycles. The molecule has 1 atom stereocenters. The van der Waals surface area contributed by atoms with E-state index < -0.39 is 14.0 Å². The van der Waals surface area contributed by atoms with Crippen LogP contribution in [0, 0.1) is 0 Å². The molecule has 19 heavy (non-hydrogen) atoms. The molecule has 1 unspecified atom stereocenters. The number of hydrogen-bond acceptors (Lipinski definition) is 2. The molecule has 0 amide bonds. The summed E-state index contributed by atoms with van der Waals surface area (Å²) in [5, 5.41) is -0.00647. The van der Waals surface area contributed by atoms with E-state index in [4.69, 9.17) is 4.43 Å². The van der Waals surface area contributed by atoms with Crippen LogP contribution in [0.3, 0.4) is 0 Å². The van der Waals surface area contributed by atoms with Gasteiger partial charge in [0.25, 0.3) is 0 Å². The third-order valence-electron chi connectivity index (χ3n) is 3.89. The average Bonchev–Trinajstić information content (AvgIpc) is 2.36. The standard InChI is InChI=1S/C15H23FO2Si/c1-14(2,3)19(4,5)18-12-15(16,11-17)13-9-7-6-8-10-13/h6-11H,12H2,1-5H3. The van der Waals surface area contributed by atoms with E-state index in [-0.39, 0.29) is 11.6 Å². The number of alkyl halides is 1. The molecule has 0 aromatic heterocycles. The Morgan fingerprint density at radius 1 is 1.21 bits per heavy atom. The van der Waals surface area contributed by atoms with Crippen molar-refractivity contribution < 1.29 is 13.6 Å². The van der Waals surface area contributed by atoms with Gasteiger partial charge in [0.2, 0.25) is 5.67 Å². The normalized spacial score (nSPS) is 15.9. The van der Waals surface area contributed by atoms with Crippen LogP contribution in [-0.4, -0.2) is 21.2 Å². The lowest BCUT2D eigenvalue weighted by atomic mass is 9.99. The van der Waals surface area contributed by atoms with Gasteiger partial charge in [-0.3, -0.25) is 4.79 Å². The predicted molar refractivity (Wildman–Crippen MR) is 78.4 cm³/mol. The van der Waals surface area contributed by atoms with E-state index >= 15 is 0 Å². The summed E-state index contributed by atoms with van der Waals surface area (Å²) < 4.78 is 20.5. The van der Waals surface area contributed by atoms with Gasteiger partial charge in [-0.25, -0.2) is 4.39 Å². The lowest BCUT2D eigenvalue weighted by Gasteiger charge is -2.37. The first-order valence-electron chi connectivity index (χ1n) is 6.47. The molecular formula is C15H23FO2Si. The fourth-order valence-electron chi connectivity index (χ4n) is 1.40. The van der Waals surface area contributed by atoms with Crippen molar-refractivity contribution in [1.29, 1.82) is 0 Å². The van der Waals surface area contributed by atoms with Crippen molar-refractivity contribution in [1.82, 2.24) is 0 Å². The molecule has 1 aromatic rings. The largest absolute Gasteiger partial charge is 0.413 e. The van der Waals surface area contributed by atoms with Gasteiger partial charge in [-0.05, 0) is 23.7 Å². The lowest BCUT2D eigenvalue weighted by Crippen LogP contribution is -2.44. The van der Waals surface area contributed by atoms with E-state index in [1.165, 1.54) is 0 Å². The van der Waals surface area contributed by atoms with Crippen molar-refractivity contribution in [3.63, 3.8) is 0 Å². The van der Waals surface area contributed by atoms with Crippen LogP contribution in [0.15, 0.2) is 30.3 Å². The summed E-state index contributed by atoms with van der Waals surface area (Å²) in [4.78, 5) is 11.2. The highest BCUT2D eigenvalue weighted by Crippen LogP contribution is 2.38. The number of aldehydes is 1. The lowest BCUT2D eigenvalue weighted by molar-refractivity contribution is -0.120. The molecule has 0 fully saturated rings. The van der Waals surface area contributed by atoms with Crippen LogP contribution in [0.4, 0.5) is 4.39 Å². The van der Waals surface area contributed by atoms with Crippen molar-refractivity contribution in [2.75, 3.05) is 6.61 Å². The molecule has 0 spiro atoms. The van der Waals surface area contributed by atoms with Gasteiger partial charge in [0, 0.05) is 0 Å². The second-order valence-corrected chi connectivity index (χ2v) is 11.2. The maximum absolute atomic E-state index is 14.7. The zero-order valence-electron chi connectivity index (χ0n) is 12.4. The number of hydrogen-bond donors (Lipinski definition) is 0. The van der Waals surface area contributed by atoms with Crippen LogP contribution in [0.25, 0.3) is 0 Å². The molecule has 0 radical (unpaired) electrons. The van der Waals surface area contributed by atoms with Gasteiger partial charge in [0.15, 0.2) is 14.6 Å². The molecule has 0 bridgehead atoms. The minimum Gasteiger partial charge on any atom is -0.413 e. The molecule has 0 saturated carbocycles. The number of carbonyl (C=O) groups excluding carboxylic acids is 1. The molecule has 4 heteroatoms. The first-order chi connectivity index (χ1) is 8.62. The topological polar surface area (TPSA) is 26.3 Å². The molecule has 106 valence electrons. The highest BCUT2D eigenvalue weighted by atomic mass is 28.4. The SMILES string of the molecule is CC(C)(C)[Si](C)(C)OCC(F)(C=O)c1ccccc1. The first-order valence-corrected chi connectivity index (χ1v) is 9.38. The molecule has 0 aliphatic heterocycles. The van der Waals surface area contributed by atoms with Crippen LogP contribution in [0.2, 0.25) is 18.1 Å². The second kappa shape index (κ2) is 5.55. The van der Waals surface area contributed by atoms with Crippen molar-refractivity contribution in [3.05, 3.63) is 35.9 Å². The summed E-state index contributed by atoms with van der Waals surface area (Å²) in [6, 6.07) is 8.47. The fraction of sp³-hybridized carbons (Fsp3) is 0.533. The van der Waals surface area contributed by atoms with Crippen molar-refractivity contribution in [2.24, 2.45) is 0 Å². The third kappa shape index (κ3) is 3.73. The van der Waals surface area contributed by atoms with Crippen molar-refractivity contribution in [2.45, 2.75) is 44.6 Å². The minimum absolute atomic E-state index is 0.00647. The summed E-state index contributed by atoms with van der Waals surface area (Å²) in [5.74, 6) is 0. The number of carbonyl (C=O) groups is 1. The van der Waals surface area contributed by atoms with E-state index in [0.29, 0.717) is 11.8 Å². The van der Waals surface area contributed by atoms with Gasteiger partial charge in [0.05, 0.1) is 6.61 Å². The van der Waals surface area contributed by atoms with Gasteiger partial charge in [-0.1, -0.05) is 51.1 Å². The third-order valence-corrected chi connectivity index (χ3v) is 8.37. The summed E-state index contributed by atoms with van der Waals surface area (Å²) in [7, 11) is -2.06. The Morgan fingerprint density at radius 2 is 1.74 bits per heavy atom. The molecule has 0 aliphatic rings. The van der Waals surface area contributed by atoms with Gasteiger partial charge < -0.3 is 4.43 Å². The zero-order chi connectivity index (χ0) is 14.7. The molecule has 0 saturated heterocycles. The number of benzene rings is 1. The summed E-state index contributed by atoms with van der Waals surface area (Å²) in [5.41, 5.74) is -1.71. The van der Waals surface area contributed by atoms with Crippen LogP contribution in [0.5, 0.6) is 0 Å². The predicted octanol–water partition coefficient (Wildman–Crippen LogP) is 4.07. The summed E-state index contributed by atoms with van der Waals surface area (Å²) in [6.07, 6.45) is 0.343. The number of halogens is 1. The highest BCUT2D eigenvalue weighted by molar-refractivity contribution is 6.74. The Morgan fingerprint density at radius 3 is 2.16 bits per heavy atom. The maximum Gasteiger partial charge on any atom is 0.212 e. The van der Waals surface area contributed by atoms with Crippen molar-refractivity contribution in [3.8, 4) is 0 Å². The maximum atomic E-state index is 14.7. The van der Waals surface area contributed by atoms with Gasteiger partial charge >= 0.3 is 0 Å². The van der Waals surface area contributed by atoms with Gasteiger partial charge in [-0.2, -0.15) is 0 Å². The van der Waals surface area contributed by atoms with E-state index in [0.717, 1.165) is 0 Å². The Balaban J connectivity index is 2.87. The Bertz CT molecular complexity index is 426. The Labute approximate surface area is 116 Å². The van der Waals surface area contributed by atoms with Crippen LogP contribution in [0.1, 0.15) is 26.3 Å². The highest BCUT2D eigenvalue weighted by Gasteiger charge is 2.41. The van der Waals surface area contributed by atoms with E-state index in [9.17, 15) is 9.18 Å². The van der Waals surface area contributed by atoms with E-state index in [1.54, 1.807) is 30.3 Å². The van der Waals surface area contributed by atoms with Gasteiger partial charge in [-0.15, -0.1) is 0 Å². The number of rotatable bonds is 5. The monoisotopic (exact) mass is 282 g/mol. The van der Waals surface area contributed by atoms with Crippen molar-refractivity contribution >= 4 is 14.6 Å². The van der Waals surface area contributed by atoms with Crippen LogP contribution < -0.4 is 0 Å². The molecule has 1 aromatic carbocycles. The quantitative estimate of drug-likeness (QED) is 0.601. The molecule has 2 nitrogen and oxygen atoms in total. The molecule has 0 N–H and O–H groups in total. The van der Waals surface area contributed by atoms with Crippen LogP contribution in [-0.2, 0) is 14.9 Å². The smallest absolute Gasteiger partial charge is 0.212 e. The average molecular weight is 282 g/mol.